The lowest BCUT2D eigenvalue weighted by Crippen LogP contribution is -2.32. The topological polar surface area (TPSA) is 84.9 Å². The number of hydrogen-bond acceptors (Lipinski definition) is 6. The Morgan fingerprint density at radius 2 is 2.04 bits per heavy atom. The molecular weight excluding hydrogens is 586 g/mol. The van der Waals surface area contributed by atoms with Gasteiger partial charge in [0.05, 0.1) is 38.1 Å². The highest BCUT2D eigenvalue weighted by molar-refractivity contribution is 14.1. The van der Waals surface area contributed by atoms with Gasteiger partial charge in [-0.1, -0.05) is 6.92 Å². The minimum absolute atomic E-state index is 0.0776. The quantitative estimate of drug-likeness (QED) is 0.263. The van der Waals surface area contributed by atoms with E-state index in [0.29, 0.717) is 5.75 Å². The van der Waals surface area contributed by atoms with E-state index in [9.17, 15) is 13.0 Å². The Labute approximate surface area is 182 Å². The molecule has 2 rings (SSSR count). The predicted molar refractivity (Wildman–Crippen MR) is 114 cm³/mol. The summed E-state index contributed by atoms with van der Waals surface area (Å²) in [6, 6.07) is 1.99. The van der Waals surface area contributed by atoms with Gasteiger partial charge in [-0.3, -0.25) is 0 Å². The second-order valence-electron chi connectivity index (χ2n) is 6.36. The third-order valence-electron chi connectivity index (χ3n) is 4.19. The van der Waals surface area contributed by atoms with Crippen LogP contribution in [0.25, 0.3) is 0 Å². The molecule has 1 aliphatic heterocycles. The Morgan fingerprint density at radius 1 is 1.35 bits per heavy atom. The Balaban J connectivity index is 2.26. The lowest BCUT2D eigenvalue weighted by molar-refractivity contribution is -0.244. The van der Waals surface area contributed by atoms with Crippen LogP contribution in [0.1, 0.15) is 50.5 Å². The summed E-state index contributed by atoms with van der Waals surface area (Å²) in [4.78, 5) is 0. The zero-order chi connectivity index (χ0) is 19.5. The molecule has 6 nitrogen and oxygen atoms in total. The van der Waals surface area contributed by atoms with Gasteiger partial charge >= 0.3 is 0 Å². The molecule has 3 atom stereocenters. The fraction of sp³-hybridized carbons (Fsp3) is 0.647. The Bertz CT molecular complexity index is 737. The normalized spacial score (nSPS) is 23.8. The average molecular weight is 609 g/mol. The number of hydrogen-bond donors (Lipinski definition) is 0. The minimum Gasteiger partial charge on any atom is -0.748 e. The molecule has 0 N–H and O–H groups in total. The van der Waals surface area contributed by atoms with Crippen LogP contribution in [0.5, 0.6) is 5.75 Å². The lowest BCUT2D eigenvalue weighted by atomic mass is 10.1. The van der Waals surface area contributed by atoms with Crippen molar-refractivity contribution in [1.82, 2.24) is 0 Å². The molecule has 0 amide bonds. The summed E-state index contributed by atoms with van der Waals surface area (Å²) in [5.41, 5.74) is 1.89. The van der Waals surface area contributed by atoms with Crippen LogP contribution in [0.15, 0.2) is 6.07 Å². The number of benzene rings is 1. The molecule has 0 spiro atoms. The zero-order valence-corrected chi connectivity index (χ0v) is 20.1. The van der Waals surface area contributed by atoms with Crippen molar-refractivity contribution in [2.24, 2.45) is 0 Å². The second kappa shape index (κ2) is 9.68. The summed E-state index contributed by atoms with van der Waals surface area (Å²) in [6.45, 7) is 6.26. The van der Waals surface area contributed by atoms with Gasteiger partial charge < -0.3 is 18.8 Å². The molecule has 26 heavy (non-hydrogen) atoms. The van der Waals surface area contributed by atoms with Crippen LogP contribution in [0.2, 0.25) is 0 Å². The van der Waals surface area contributed by atoms with E-state index in [1.807, 2.05) is 19.9 Å². The maximum absolute atomic E-state index is 10.8. The first-order valence-corrected chi connectivity index (χ1v) is 12.2. The Morgan fingerprint density at radius 3 is 2.65 bits per heavy atom. The predicted octanol–water partition coefficient (Wildman–Crippen LogP) is 4.12. The van der Waals surface area contributed by atoms with Gasteiger partial charge in [0, 0.05) is 9.32 Å². The van der Waals surface area contributed by atoms with Gasteiger partial charge in [0.1, 0.15) is 5.75 Å². The van der Waals surface area contributed by atoms with Crippen LogP contribution in [0.3, 0.4) is 0 Å². The molecule has 1 aromatic rings. The average Bonchev–Trinajstić information content (AvgIpc) is 2.56. The molecule has 0 bridgehead atoms. The monoisotopic (exact) mass is 609 g/mol. The molecule has 1 aromatic carbocycles. The SMILES string of the molecule is CCC1CC(C)OC(c2cc(I)c(C)c(I)c2OCCCS(=O)(=O)[O-])O1. The molecule has 9 heteroatoms. The van der Waals surface area contributed by atoms with Crippen LogP contribution < -0.4 is 4.74 Å². The maximum Gasteiger partial charge on any atom is 0.188 e. The van der Waals surface area contributed by atoms with E-state index in [2.05, 4.69) is 52.1 Å². The molecule has 0 aliphatic carbocycles. The highest BCUT2D eigenvalue weighted by Crippen LogP contribution is 2.40. The summed E-state index contributed by atoms with van der Waals surface area (Å²) >= 11 is 4.49. The molecule has 1 aliphatic rings. The van der Waals surface area contributed by atoms with Crippen LogP contribution in [0.4, 0.5) is 0 Å². The summed E-state index contributed by atoms with van der Waals surface area (Å²) in [5, 5.41) is 0. The summed E-state index contributed by atoms with van der Waals surface area (Å²) < 4.78 is 52.3. The highest BCUT2D eigenvalue weighted by atomic mass is 127. The molecule has 1 fully saturated rings. The van der Waals surface area contributed by atoms with Gasteiger partial charge in [-0.25, -0.2) is 8.42 Å². The van der Waals surface area contributed by atoms with Gasteiger partial charge in [-0.15, -0.1) is 0 Å². The summed E-state index contributed by atoms with van der Waals surface area (Å²) in [5.74, 6) is 0.203. The minimum atomic E-state index is -4.23. The van der Waals surface area contributed by atoms with Crippen LogP contribution in [0, 0.1) is 14.1 Å². The smallest absolute Gasteiger partial charge is 0.188 e. The van der Waals surface area contributed by atoms with Crippen molar-refractivity contribution in [2.75, 3.05) is 12.4 Å². The van der Waals surface area contributed by atoms with Crippen molar-refractivity contribution in [3.63, 3.8) is 0 Å². The van der Waals surface area contributed by atoms with E-state index in [-0.39, 0.29) is 25.2 Å². The number of rotatable bonds is 7. The fourth-order valence-corrected chi connectivity index (χ4v) is 5.10. The third kappa shape index (κ3) is 6.16. The van der Waals surface area contributed by atoms with E-state index in [1.165, 1.54) is 0 Å². The number of halogens is 2. The maximum atomic E-state index is 10.8. The van der Waals surface area contributed by atoms with Gasteiger partial charge in [-0.2, -0.15) is 0 Å². The first-order chi connectivity index (χ1) is 12.1. The highest BCUT2D eigenvalue weighted by Gasteiger charge is 2.31. The molecule has 0 aromatic heterocycles. The Kier molecular flexibility index (Phi) is 8.41. The van der Waals surface area contributed by atoms with E-state index in [1.54, 1.807) is 0 Å². The van der Waals surface area contributed by atoms with E-state index >= 15 is 0 Å². The second-order valence-corrected chi connectivity index (χ2v) is 10.1. The summed E-state index contributed by atoms with van der Waals surface area (Å²) in [7, 11) is -4.23. The fourth-order valence-electron chi connectivity index (χ4n) is 2.75. The molecule has 0 radical (unpaired) electrons. The third-order valence-corrected chi connectivity index (χ3v) is 7.40. The first-order valence-electron chi connectivity index (χ1n) is 8.48. The van der Waals surface area contributed by atoms with E-state index < -0.39 is 22.2 Å². The molecule has 3 unspecified atom stereocenters. The van der Waals surface area contributed by atoms with Gasteiger partial charge in [-0.05, 0) is 89.9 Å². The van der Waals surface area contributed by atoms with Gasteiger partial charge in [0.25, 0.3) is 0 Å². The van der Waals surface area contributed by atoms with Crippen molar-refractivity contribution in [2.45, 2.75) is 58.5 Å². The van der Waals surface area contributed by atoms with Crippen LogP contribution in [-0.4, -0.2) is 37.5 Å². The standard InChI is InChI=1S/C17H24I2O6S/c1-4-12-8-10(2)24-17(25-12)13-9-14(18)11(3)15(19)16(13)23-6-5-7-26(20,21)22/h9-10,12,17H,4-8H2,1-3H3,(H,20,21,22)/p-1. The molecule has 148 valence electrons. The van der Waals surface area contributed by atoms with Crippen LogP contribution in [-0.2, 0) is 19.6 Å². The van der Waals surface area contributed by atoms with E-state index in [0.717, 1.165) is 31.1 Å². The molecule has 0 saturated carbocycles. The van der Waals surface area contributed by atoms with E-state index in [4.69, 9.17) is 14.2 Å². The molecular formula is C17H23I2O6S-. The van der Waals surface area contributed by atoms with Crippen molar-refractivity contribution < 1.29 is 27.2 Å². The largest absolute Gasteiger partial charge is 0.748 e. The zero-order valence-electron chi connectivity index (χ0n) is 15.0. The van der Waals surface area contributed by atoms with Crippen molar-refractivity contribution in [3.8, 4) is 5.75 Å². The summed E-state index contributed by atoms with van der Waals surface area (Å²) in [6.07, 6.45) is 1.58. The molecule has 1 heterocycles. The molecule has 1 saturated heterocycles. The Hall–Kier alpha value is 0.310. The van der Waals surface area contributed by atoms with Crippen LogP contribution >= 0.6 is 45.2 Å². The van der Waals surface area contributed by atoms with Crippen molar-refractivity contribution in [3.05, 3.63) is 24.3 Å². The van der Waals surface area contributed by atoms with Crippen molar-refractivity contribution in [1.29, 1.82) is 0 Å². The lowest BCUT2D eigenvalue weighted by Gasteiger charge is -2.35. The van der Waals surface area contributed by atoms with Gasteiger partial charge in [0.2, 0.25) is 0 Å². The van der Waals surface area contributed by atoms with Gasteiger partial charge in [0.15, 0.2) is 6.29 Å². The van der Waals surface area contributed by atoms with Crippen molar-refractivity contribution >= 4 is 55.3 Å². The first kappa shape index (κ1) is 22.6. The number of ether oxygens (including phenoxy) is 3.